The van der Waals surface area contributed by atoms with Gasteiger partial charge in [0.1, 0.15) is 0 Å². The monoisotopic (exact) mass is 239 g/mol. The second-order valence-electron chi connectivity index (χ2n) is 5.71. The Morgan fingerprint density at radius 2 is 2.00 bits per heavy atom. The van der Waals surface area contributed by atoms with Crippen molar-refractivity contribution in [2.45, 2.75) is 20.3 Å². The maximum atomic E-state index is 12.3. The molecule has 0 radical (unpaired) electrons. The van der Waals surface area contributed by atoms with Gasteiger partial charge in [0.15, 0.2) is 0 Å². The van der Waals surface area contributed by atoms with Crippen molar-refractivity contribution in [2.24, 2.45) is 11.8 Å². The van der Waals surface area contributed by atoms with Gasteiger partial charge < -0.3 is 15.1 Å². The molecule has 2 saturated heterocycles. The fourth-order valence-corrected chi connectivity index (χ4v) is 2.86. The Morgan fingerprint density at radius 3 is 2.65 bits per heavy atom. The van der Waals surface area contributed by atoms with E-state index in [9.17, 15) is 4.79 Å². The van der Waals surface area contributed by atoms with E-state index in [2.05, 4.69) is 24.1 Å². The second-order valence-corrected chi connectivity index (χ2v) is 5.71. The number of hydrogen-bond donors (Lipinski definition) is 1. The van der Waals surface area contributed by atoms with Gasteiger partial charge in [0, 0.05) is 39.3 Å². The van der Waals surface area contributed by atoms with Crippen molar-refractivity contribution >= 4 is 5.91 Å². The molecule has 0 aromatic carbocycles. The lowest BCUT2D eigenvalue weighted by Gasteiger charge is -2.29. The van der Waals surface area contributed by atoms with Crippen molar-refractivity contribution in [3.63, 3.8) is 0 Å². The Labute approximate surface area is 104 Å². The molecule has 0 saturated carbocycles. The molecule has 4 heteroatoms. The van der Waals surface area contributed by atoms with Crippen molar-refractivity contribution in [3.05, 3.63) is 0 Å². The Kier molecular flexibility index (Phi) is 4.40. The summed E-state index contributed by atoms with van der Waals surface area (Å²) in [4.78, 5) is 16.8. The molecule has 4 nitrogen and oxygen atoms in total. The standard InChI is InChI=1S/C13H25N3O/c1-11(2)9-15-6-3-12(10-15)13(17)16-7-4-14-5-8-16/h11-12,14H,3-10H2,1-2H3. The predicted octanol–water partition coefficient (Wildman–Crippen LogP) is 0.396. The number of rotatable bonds is 3. The first kappa shape index (κ1) is 12.8. The largest absolute Gasteiger partial charge is 0.340 e. The van der Waals surface area contributed by atoms with Crippen LogP contribution < -0.4 is 5.32 Å². The number of amides is 1. The zero-order valence-electron chi connectivity index (χ0n) is 11.1. The summed E-state index contributed by atoms with van der Waals surface area (Å²) >= 11 is 0. The summed E-state index contributed by atoms with van der Waals surface area (Å²) in [5.74, 6) is 1.34. The smallest absolute Gasteiger partial charge is 0.227 e. The number of likely N-dealkylation sites (tertiary alicyclic amines) is 1. The molecule has 2 fully saturated rings. The number of nitrogens with zero attached hydrogens (tertiary/aromatic N) is 2. The Bertz CT molecular complexity index is 261. The van der Waals surface area contributed by atoms with Gasteiger partial charge >= 0.3 is 0 Å². The zero-order chi connectivity index (χ0) is 12.3. The first-order chi connectivity index (χ1) is 8.16. The highest BCUT2D eigenvalue weighted by molar-refractivity contribution is 5.79. The Balaban J connectivity index is 1.80. The first-order valence-electron chi connectivity index (χ1n) is 6.88. The summed E-state index contributed by atoms with van der Waals surface area (Å²) in [7, 11) is 0. The van der Waals surface area contributed by atoms with Crippen LogP contribution >= 0.6 is 0 Å². The van der Waals surface area contributed by atoms with Crippen LogP contribution in [0.3, 0.4) is 0 Å². The fourth-order valence-electron chi connectivity index (χ4n) is 2.86. The molecule has 2 heterocycles. The highest BCUT2D eigenvalue weighted by atomic mass is 16.2. The van der Waals surface area contributed by atoms with Gasteiger partial charge in [0.25, 0.3) is 0 Å². The van der Waals surface area contributed by atoms with Gasteiger partial charge in [-0.1, -0.05) is 13.8 Å². The summed E-state index contributed by atoms with van der Waals surface area (Å²) in [5, 5.41) is 3.29. The van der Waals surface area contributed by atoms with Crippen molar-refractivity contribution < 1.29 is 4.79 Å². The molecule has 2 aliphatic rings. The van der Waals surface area contributed by atoms with E-state index in [0.29, 0.717) is 11.8 Å². The zero-order valence-corrected chi connectivity index (χ0v) is 11.1. The number of piperazine rings is 1. The lowest BCUT2D eigenvalue weighted by molar-refractivity contribution is -0.135. The van der Waals surface area contributed by atoms with E-state index in [0.717, 1.165) is 52.2 Å². The Morgan fingerprint density at radius 1 is 1.29 bits per heavy atom. The number of carbonyl (C=O) groups excluding carboxylic acids is 1. The Hall–Kier alpha value is -0.610. The molecule has 0 aromatic heterocycles. The van der Waals surface area contributed by atoms with Gasteiger partial charge in [-0.3, -0.25) is 4.79 Å². The predicted molar refractivity (Wildman–Crippen MR) is 68.8 cm³/mol. The molecule has 0 bridgehead atoms. The van der Waals surface area contributed by atoms with E-state index in [1.165, 1.54) is 0 Å². The van der Waals surface area contributed by atoms with Crippen molar-refractivity contribution in [2.75, 3.05) is 45.8 Å². The van der Waals surface area contributed by atoms with Crippen molar-refractivity contribution in [3.8, 4) is 0 Å². The van der Waals surface area contributed by atoms with Crippen LogP contribution in [0, 0.1) is 11.8 Å². The molecule has 0 spiro atoms. The van der Waals surface area contributed by atoms with Gasteiger partial charge in [-0.25, -0.2) is 0 Å². The molecular weight excluding hydrogens is 214 g/mol. The molecular formula is C13H25N3O. The highest BCUT2D eigenvalue weighted by Gasteiger charge is 2.31. The van der Waals surface area contributed by atoms with Gasteiger partial charge in [-0.05, 0) is 18.9 Å². The lowest BCUT2D eigenvalue weighted by atomic mass is 10.1. The van der Waals surface area contributed by atoms with E-state index < -0.39 is 0 Å². The van der Waals surface area contributed by atoms with Crippen LogP contribution in [0.1, 0.15) is 20.3 Å². The number of nitrogens with one attached hydrogen (secondary N) is 1. The molecule has 2 rings (SSSR count). The van der Waals surface area contributed by atoms with Crippen LogP contribution in [0.2, 0.25) is 0 Å². The topological polar surface area (TPSA) is 35.6 Å². The minimum absolute atomic E-state index is 0.256. The van der Waals surface area contributed by atoms with Crippen LogP contribution in [-0.2, 0) is 4.79 Å². The van der Waals surface area contributed by atoms with Gasteiger partial charge in [0.2, 0.25) is 5.91 Å². The summed E-state index contributed by atoms with van der Waals surface area (Å²) in [6.07, 6.45) is 1.05. The normalized spacial score (nSPS) is 26.8. The minimum atomic E-state index is 0.256. The maximum absolute atomic E-state index is 12.3. The second kappa shape index (κ2) is 5.83. The third-order valence-corrected chi connectivity index (χ3v) is 3.67. The van der Waals surface area contributed by atoms with Gasteiger partial charge in [-0.2, -0.15) is 0 Å². The SMILES string of the molecule is CC(C)CN1CCC(C(=O)N2CCNCC2)C1. The van der Waals surface area contributed by atoms with E-state index in [-0.39, 0.29) is 5.92 Å². The first-order valence-corrected chi connectivity index (χ1v) is 6.88. The average molecular weight is 239 g/mol. The molecule has 1 atom stereocenters. The van der Waals surface area contributed by atoms with Crippen LogP contribution in [0.5, 0.6) is 0 Å². The minimum Gasteiger partial charge on any atom is -0.340 e. The van der Waals surface area contributed by atoms with Crippen LogP contribution in [0.4, 0.5) is 0 Å². The number of carbonyl (C=O) groups is 1. The van der Waals surface area contributed by atoms with E-state index in [1.807, 2.05) is 4.90 Å². The van der Waals surface area contributed by atoms with Gasteiger partial charge in [0.05, 0.1) is 5.92 Å². The number of hydrogen-bond acceptors (Lipinski definition) is 3. The van der Waals surface area contributed by atoms with E-state index in [1.54, 1.807) is 0 Å². The van der Waals surface area contributed by atoms with Crippen molar-refractivity contribution in [1.82, 2.24) is 15.1 Å². The highest BCUT2D eigenvalue weighted by Crippen LogP contribution is 2.19. The quantitative estimate of drug-likeness (QED) is 0.774. The molecule has 0 aliphatic carbocycles. The molecule has 98 valence electrons. The maximum Gasteiger partial charge on any atom is 0.227 e. The van der Waals surface area contributed by atoms with E-state index in [4.69, 9.17) is 0 Å². The molecule has 1 amide bonds. The lowest BCUT2D eigenvalue weighted by Crippen LogP contribution is -2.48. The molecule has 1 N–H and O–H groups in total. The van der Waals surface area contributed by atoms with Crippen LogP contribution in [0.25, 0.3) is 0 Å². The summed E-state index contributed by atoms with van der Waals surface area (Å²) in [6, 6.07) is 0. The molecule has 1 unspecified atom stereocenters. The molecule has 2 aliphatic heterocycles. The summed E-state index contributed by atoms with van der Waals surface area (Å²) in [6.45, 7) is 11.4. The van der Waals surface area contributed by atoms with Crippen LogP contribution in [-0.4, -0.2) is 61.5 Å². The van der Waals surface area contributed by atoms with E-state index >= 15 is 0 Å². The molecule has 17 heavy (non-hydrogen) atoms. The average Bonchev–Trinajstić information content (AvgIpc) is 2.77. The summed E-state index contributed by atoms with van der Waals surface area (Å²) in [5.41, 5.74) is 0. The molecule has 0 aromatic rings. The van der Waals surface area contributed by atoms with Crippen LogP contribution in [0.15, 0.2) is 0 Å². The third kappa shape index (κ3) is 3.42. The third-order valence-electron chi connectivity index (χ3n) is 3.67. The van der Waals surface area contributed by atoms with Crippen molar-refractivity contribution in [1.29, 1.82) is 0 Å². The summed E-state index contributed by atoms with van der Waals surface area (Å²) < 4.78 is 0. The van der Waals surface area contributed by atoms with Gasteiger partial charge in [-0.15, -0.1) is 0 Å². The fraction of sp³-hybridized carbons (Fsp3) is 0.923.